The van der Waals surface area contributed by atoms with Crippen molar-refractivity contribution in [1.29, 1.82) is 0 Å². The van der Waals surface area contributed by atoms with E-state index in [9.17, 15) is 13.2 Å². The van der Waals surface area contributed by atoms with Gasteiger partial charge in [-0.25, -0.2) is 8.42 Å². The molecule has 7 nitrogen and oxygen atoms in total. The summed E-state index contributed by atoms with van der Waals surface area (Å²) in [5.41, 5.74) is 0.891. The van der Waals surface area contributed by atoms with Crippen LogP contribution < -0.4 is 14.8 Å². The lowest BCUT2D eigenvalue weighted by Crippen LogP contribution is -2.45. The molecule has 0 saturated carbocycles. The van der Waals surface area contributed by atoms with Gasteiger partial charge in [0, 0.05) is 30.6 Å². The Morgan fingerprint density at radius 3 is 2.67 bits per heavy atom. The van der Waals surface area contributed by atoms with Crippen molar-refractivity contribution in [2.45, 2.75) is 43.2 Å². The van der Waals surface area contributed by atoms with Gasteiger partial charge in [-0.15, -0.1) is 0 Å². The van der Waals surface area contributed by atoms with E-state index in [2.05, 4.69) is 5.32 Å². The Labute approximate surface area is 181 Å². The summed E-state index contributed by atoms with van der Waals surface area (Å²) >= 11 is 5.89. The van der Waals surface area contributed by atoms with Crippen molar-refractivity contribution in [3.63, 3.8) is 0 Å². The first-order valence-electron chi connectivity index (χ1n) is 9.86. The van der Waals surface area contributed by atoms with Crippen LogP contribution in [0, 0.1) is 0 Å². The van der Waals surface area contributed by atoms with Gasteiger partial charge in [0.1, 0.15) is 0 Å². The van der Waals surface area contributed by atoms with E-state index in [1.807, 2.05) is 18.2 Å². The predicted molar refractivity (Wildman–Crippen MR) is 112 cm³/mol. The maximum absolute atomic E-state index is 13.1. The molecule has 0 radical (unpaired) electrons. The SMILES string of the molecule is O=C(CC1CCCCN1S(=O)(=O)c1ccc(Cl)cc1)NCc1ccc2c(c1)OCO2. The summed E-state index contributed by atoms with van der Waals surface area (Å²) < 4.78 is 38.3. The zero-order valence-electron chi connectivity index (χ0n) is 16.3. The molecule has 2 aliphatic rings. The summed E-state index contributed by atoms with van der Waals surface area (Å²) in [6.45, 7) is 0.946. The van der Waals surface area contributed by atoms with Gasteiger partial charge in [-0.3, -0.25) is 4.79 Å². The van der Waals surface area contributed by atoms with Crippen molar-refractivity contribution in [3.05, 3.63) is 53.1 Å². The zero-order valence-corrected chi connectivity index (χ0v) is 17.9. The van der Waals surface area contributed by atoms with Crippen LogP contribution in [0.15, 0.2) is 47.4 Å². The van der Waals surface area contributed by atoms with Crippen LogP contribution in [-0.4, -0.2) is 38.0 Å². The Morgan fingerprint density at radius 1 is 1.10 bits per heavy atom. The highest BCUT2D eigenvalue weighted by Gasteiger charge is 2.34. The number of amides is 1. The van der Waals surface area contributed by atoms with Crippen molar-refractivity contribution in [2.75, 3.05) is 13.3 Å². The molecule has 1 atom stereocenters. The molecule has 30 heavy (non-hydrogen) atoms. The lowest BCUT2D eigenvalue weighted by Gasteiger charge is -2.34. The summed E-state index contributed by atoms with van der Waals surface area (Å²) in [7, 11) is -3.68. The fourth-order valence-corrected chi connectivity index (χ4v) is 5.59. The molecule has 1 fully saturated rings. The second-order valence-corrected chi connectivity index (χ2v) is 9.71. The van der Waals surface area contributed by atoms with Gasteiger partial charge in [-0.05, 0) is 54.8 Å². The van der Waals surface area contributed by atoms with Crippen molar-refractivity contribution >= 4 is 27.5 Å². The van der Waals surface area contributed by atoms with Crippen molar-refractivity contribution in [1.82, 2.24) is 9.62 Å². The van der Waals surface area contributed by atoms with Gasteiger partial charge >= 0.3 is 0 Å². The Morgan fingerprint density at radius 2 is 1.87 bits per heavy atom. The number of benzene rings is 2. The monoisotopic (exact) mass is 450 g/mol. The third-order valence-electron chi connectivity index (χ3n) is 5.34. The highest BCUT2D eigenvalue weighted by Crippen LogP contribution is 2.32. The molecular formula is C21H23ClN2O5S. The van der Waals surface area contributed by atoms with E-state index in [1.165, 1.54) is 16.4 Å². The van der Waals surface area contributed by atoms with Crippen LogP contribution in [0.1, 0.15) is 31.2 Å². The molecule has 1 saturated heterocycles. The molecule has 4 rings (SSSR count). The fourth-order valence-electron chi connectivity index (χ4n) is 3.77. The predicted octanol–water partition coefficient (Wildman–Crippen LogP) is 3.32. The van der Waals surface area contributed by atoms with Gasteiger partial charge in [-0.2, -0.15) is 4.31 Å². The van der Waals surface area contributed by atoms with E-state index in [0.29, 0.717) is 36.0 Å². The van der Waals surface area contributed by atoms with E-state index in [1.54, 1.807) is 12.1 Å². The molecule has 0 bridgehead atoms. The number of nitrogens with zero attached hydrogens (tertiary/aromatic N) is 1. The molecule has 9 heteroatoms. The number of carbonyl (C=O) groups is 1. The fraction of sp³-hybridized carbons (Fsp3) is 0.381. The maximum Gasteiger partial charge on any atom is 0.243 e. The molecule has 0 aliphatic carbocycles. The van der Waals surface area contributed by atoms with E-state index in [-0.39, 0.29) is 30.1 Å². The minimum absolute atomic E-state index is 0.122. The number of carbonyl (C=O) groups excluding carboxylic acids is 1. The normalized spacial score (nSPS) is 18.9. The van der Waals surface area contributed by atoms with Gasteiger partial charge in [0.15, 0.2) is 11.5 Å². The molecule has 0 spiro atoms. The zero-order chi connectivity index (χ0) is 21.1. The molecule has 2 heterocycles. The van der Waals surface area contributed by atoms with Gasteiger partial charge in [-0.1, -0.05) is 24.1 Å². The lowest BCUT2D eigenvalue weighted by molar-refractivity contribution is -0.122. The van der Waals surface area contributed by atoms with Crippen molar-refractivity contribution in [2.24, 2.45) is 0 Å². The average molecular weight is 451 g/mol. The summed E-state index contributed by atoms with van der Waals surface area (Å²) in [5.74, 6) is 1.17. The van der Waals surface area contributed by atoms with Crippen LogP contribution in [0.3, 0.4) is 0 Å². The number of halogens is 1. The number of ether oxygens (including phenoxy) is 2. The number of fused-ring (bicyclic) bond motifs is 1. The lowest BCUT2D eigenvalue weighted by atomic mass is 10.0. The number of piperidine rings is 1. The molecule has 1 unspecified atom stereocenters. The minimum Gasteiger partial charge on any atom is -0.454 e. The van der Waals surface area contributed by atoms with Gasteiger partial charge in [0.25, 0.3) is 0 Å². The first kappa shape index (κ1) is 21.0. The first-order chi connectivity index (χ1) is 14.4. The molecule has 1 N–H and O–H groups in total. The molecule has 1 amide bonds. The van der Waals surface area contributed by atoms with E-state index < -0.39 is 10.0 Å². The van der Waals surface area contributed by atoms with E-state index in [4.69, 9.17) is 21.1 Å². The maximum atomic E-state index is 13.1. The largest absolute Gasteiger partial charge is 0.454 e. The second kappa shape index (κ2) is 8.83. The van der Waals surface area contributed by atoms with Crippen LogP contribution in [-0.2, 0) is 21.4 Å². The molecule has 160 valence electrons. The Balaban J connectivity index is 1.40. The molecule has 2 aliphatic heterocycles. The third-order valence-corrected chi connectivity index (χ3v) is 7.56. The first-order valence-corrected chi connectivity index (χ1v) is 11.7. The Kier molecular flexibility index (Phi) is 6.17. The molecule has 0 aromatic heterocycles. The van der Waals surface area contributed by atoms with Crippen LogP contribution in [0.25, 0.3) is 0 Å². The molecule has 2 aromatic carbocycles. The second-order valence-electron chi connectivity index (χ2n) is 7.39. The van der Waals surface area contributed by atoms with Gasteiger partial charge < -0.3 is 14.8 Å². The Bertz CT molecular complexity index is 1030. The summed E-state index contributed by atoms with van der Waals surface area (Å²) in [4.78, 5) is 12.8. The number of rotatable bonds is 6. The minimum atomic E-state index is -3.68. The van der Waals surface area contributed by atoms with Crippen LogP contribution in [0.5, 0.6) is 11.5 Å². The van der Waals surface area contributed by atoms with Gasteiger partial charge in [0.05, 0.1) is 4.90 Å². The summed E-state index contributed by atoms with van der Waals surface area (Å²) in [5, 5.41) is 3.36. The highest BCUT2D eigenvalue weighted by molar-refractivity contribution is 7.89. The molecule has 2 aromatic rings. The highest BCUT2D eigenvalue weighted by atomic mass is 35.5. The molecular weight excluding hydrogens is 428 g/mol. The van der Waals surface area contributed by atoms with Crippen molar-refractivity contribution < 1.29 is 22.7 Å². The van der Waals surface area contributed by atoms with Crippen molar-refractivity contribution in [3.8, 4) is 11.5 Å². The van der Waals surface area contributed by atoms with Crippen LogP contribution >= 0.6 is 11.6 Å². The number of hydrogen-bond acceptors (Lipinski definition) is 5. The van der Waals surface area contributed by atoms with E-state index >= 15 is 0 Å². The number of sulfonamides is 1. The number of hydrogen-bond donors (Lipinski definition) is 1. The van der Waals surface area contributed by atoms with E-state index in [0.717, 1.165) is 18.4 Å². The third kappa shape index (κ3) is 4.55. The average Bonchev–Trinajstić information content (AvgIpc) is 3.21. The van der Waals surface area contributed by atoms with Gasteiger partial charge in [0.2, 0.25) is 22.7 Å². The number of nitrogens with one attached hydrogen (secondary N) is 1. The standard InChI is InChI=1S/C21H23ClN2O5S/c22-16-5-7-18(8-6-16)30(26,27)24-10-2-1-3-17(24)12-21(25)23-13-15-4-9-19-20(11-15)29-14-28-19/h4-9,11,17H,1-3,10,12-14H2,(H,23,25). The van der Waals surface area contributed by atoms with Crippen LogP contribution in [0.2, 0.25) is 5.02 Å². The topological polar surface area (TPSA) is 84.9 Å². The van der Waals surface area contributed by atoms with Crippen LogP contribution in [0.4, 0.5) is 0 Å². The Hall–Kier alpha value is -2.29. The smallest absolute Gasteiger partial charge is 0.243 e. The quantitative estimate of drug-likeness (QED) is 0.729. The summed E-state index contributed by atoms with van der Waals surface area (Å²) in [6, 6.07) is 11.3. The summed E-state index contributed by atoms with van der Waals surface area (Å²) in [6.07, 6.45) is 2.45.